The van der Waals surface area contributed by atoms with Crippen molar-refractivity contribution in [3.05, 3.63) is 24.4 Å². The second kappa shape index (κ2) is 8.24. The summed E-state index contributed by atoms with van der Waals surface area (Å²) < 4.78 is 4.97. The second-order valence-corrected chi connectivity index (χ2v) is 8.63. The van der Waals surface area contributed by atoms with E-state index in [9.17, 15) is 14.4 Å². The van der Waals surface area contributed by atoms with Crippen LogP contribution >= 0.6 is 0 Å². The molecule has 3 saturated heterocycles. The maximum Gasteiger partial charge on any atom is 0.311 e. The van der Waals surface area contributed by atoms with Crippen molar-refractivity contribution in [1.82, 2.24) is 14.8 Å². The fraction of sp³-hybridized carbons (Fsp3) is 0.636. The van der Waals surface area contributed by atoms with Crippen LogP contribution in [0.25, 0.3) is 0 Å². The quantitative estimate of drug-likeness (QED) is 0.694. The Hall–Kier alpha value is -2.64. The molecule has 1 spiro atoms. The normalized spacial score (nSPS) is 26.2. The Kier molecular flexibility index (Phi) is 5.66. The SMILES string of the molecule is COC(=O)C1CC(=O)N(C)C12CCN(C(=O)C1CCCN(c3ccccn3)C1)CC2. The third-order valence-corrected chi connectivity index (χ3v) is 7.24. The number of rotatable bonds is 3. The zero-order valence-electron chi connectivity index (χ0n) is 17.7. The molecule has 0 N–H and O–H groups in total. The number of anilines is 1. The summed E-state index contributed by atoms with van der Waals surface area (Å²) in [6, 6.07) is 5.85. The topological polar surface area (TPSA) is 83.1 Å². The summed E-state index contributed by atoms with van der Waals surface area (Å²) in [7, 11) is 3.14. The number of amides is 2. The number of hydrogen-bond donors (Lipinski definition) is 0. The number of methoxy groups -OCH3 is 1. The van der Waals surface area contributed by atoms with Crippen LogP contribution in [0.15, 0.2) is 24.4 Å². The fourth-order valence-electron chi connectivity index (χ4n) is 5.41. The number of hydrogen-bond acceptors (Lipinski definition) is 6. The Balaban J connectivity index is 1.42. The highest BCUT2D eigenvalue weighted by molar-refractivity contribution is 5.89. The van der Waals surface area contributed by atoms with E-state index in [-0.39, 0.29) is 30.1 Å². The molecular weight excluding hydrogens is 384 g/mol. The molecule has 2 atom stereocenters. The summed E-state index contributed by atoms with van der Waals surface area (Å²) in [6.07, 6.45) is 5.04. The zero-order chi connectivity index (χ0) is 21.3. The van der Waals surface area contributed by atoms with Crippen molar-refractivity contribution in [3.63, 3.8) is 0 Å². The van der Waals surface area contributed by atoms with Gasteiger partial charge in [0.05, 0.1) is 24.5 Å². The van der Waals surface area contributed by atoms with Crippen LogP contribution in [0.3, 0.4) is 0 Å². The molecule has 4 heterocycles. The van der Waals surface area contributed by atoms with E-state index in [0.29, 0.717) is 32.5 Å². The number of esters is 1. The molecule has 1 aromatic heterocycles. The third-order valence-electron chi connectivity index (χ3n) is 7.24. The first kappa shape index (κ1) is 20.6. The second-order valence-electron chi connectivity index (χ2n) is 8.63. The first-order valence-corrected chi connectivity index (χ1v) is 10.8. The molecular formula is C22H30N4O4. The lowest BCUT2D eigenvalue weighted by Gasteiger charge is -2.46. The Morgan fingerprint density at radius 2 is 1.97 bits per heavy atom. The third kappa shape index (κ3) is 3.52. The van der Waals surface area contributed by atoms with Gasteiger partial charge < -0.3 is 19.4 Å². The van der Waals surface area contributed by atoms with Crippen LogP contribution in [-0.4, -0.2) is 78.4 Å². The van der Waals surface area contributed by atoms with E-state index in [2.05, 4.69) is 9.88 Å². The van der Waals surface area contributed by atoms with E-state index in [0.717, 1.165) is 25.2 Å². The van der Waals surface area contributed by atoms with E-state index in [1.807, 2.05) is 23.1 Å². The summed E-state index contributed by atoms with van der Waals surface area (Å²) in [6.45, 7) is 2.71. The Labute approximate surface area is 177 Å². The van der Waals surface area contributed by atoms with Gasteiger partial charge in [-0.05, 0) is 37.8 Å². The van der Waals surface area contributed by atoms with E-state index in [4.69, 9.17) is 4.74 Å². The predicted octanol–water partition coefficient (Wildman–Crippen LogP) is 1.31. The molecule has 0 saturated carbocycles. The lowest BCUT2D eigenvalue weighted by Crippen LogP contribution is -2.58. The first-order valence-electron chi connectivity index (χ1n) is 10.8. The molecule has 8 heteroatoms. The number of pyridine rings is 1. The van der Waals surface area contributed by atoms with E-state index in [1.54, 1.807) is 18.1 Å². The molecule has 0 radical (unpaired) electrons. The molecule has 3 aliphatic rings. The predicted molar refractivity (Wildman–Crippen MR) is 111 cm³/mol. The number of ether oxygens (including phenoxy) is 1. The van der Waals surface area contributed by atoms with Gasteiger partial charge in [-0.25, -0.2) is 4.98 Å². The molecule has 3 fully saturated rings. The van der Waals surface area contributed by atoms with Crippen LogP contribution in [0.4, 0.5) is 5.82 Å². The molecule has 3 aliphatic heterocycles. The molecule has 162 valence electrons. The molecule has 4 rings (SSSR count). The highest BCUT2D eigenvalue weighted by atomic mass is 16.5. The summed E-state index contributed by atoms with van der Waals surface area (Å²) >= 11 is 0. The number of carbonyl (C=O) groups excluding carboxylic acids is 3. The van der Waals surface area contributed by atoms with Gasteiger partial charge in [0.15, 0.2) is 0 Å². The minimum atomic E-state index is -0.534. The van der Waals surface area contributed by atoms with Gasteiger partial charge in [0.1, 0.15) is 5.82 Å². The Morgan fingerprint density at radius 1 is 1.20 bits per heavy atom. The van der Waals surface area contributed by atoms with Crippen LogP contribution in [0.1, 0.15) is 32.1 Å². The van der Waals surface area contributed by atoms with Gasteiger partial charge >= 0.3 is 5.97 Å². The van der Waals surface area contributed by atoms with Crippen LogP contribution < -0.4 is 4.90 Å². The molecule has 1 aromatic rings. The van der Waals surface area contributed by atoms with Crippen molar-refractivity contribution in [2.24, 2.45) is 11.8 Å². The van der Waals surface area contributed by atoms with Gasteiger partial charge in [-0.1, -0.05) is 6.07 Å². The summed E-state index contributed by atoms with van der Waals surface area (Å²) in [4.78, 5) is 48.2. The largest absolute Gasteiger partial charge is 0.469 e. The summed E-state index contributed by atoms with van der Waals surface area (Å²) in [5.74, 6) is 0.238. The number of piperidine rings is 2. The highest BCUT2D eigenvalue weighted by Crippen LogP contribution is 2.43. The number of likely N-dealkylation sites (tertiary alicyclic amines) is 2. The molecule has 8 nitrogen and oxygen atoms in total. The molecule has 0 aliphatic carbocycles. The maximum atomic E-state index is 13.3. The van der Waals surface area contributed by atoms with Crippen molar-refractivity contribution in [1.29, 1.82) is 0 Å². The first-order chi connectivity index (χ1) is 14.5. The molecule has 2 amide bonds. The van der Waals surface area contributed by atoms with E-state index >= 15 is 0 Å². The average Bonchev–Trinajstić information content (AvgIpc) is 3.04. The fourth-order valence-corrected chi connectivity index (χ4v) is 5.41. The Bertz CT molecular complexity index is 807. The van der Waals surface area contributed by atoms with Crippen LogP contribution in [0, 0.1) is 11.8 Å². The van der Waals surface area contributed by atoms with Gasteiger partial charge in [-0.3, -0.25) is 14.4 Å². The number of aromatic nitrogens is 1. The molecule has 0 bridgehead atoms. The van der Waals surface area contributed by atoms with Gasteiger partial charge in [0, 0.05) is 45.8 Å². The zero-order valence-corrected chi connectivity index (χ0v) is 17.7. The lowest BCUT2D eigenvalue weighted by atomic mass is 9.76. The van der Waals surface area contributed by atoms with Crippen LogP contribution in [0.5, 0.6) is 0 Å². The van der Waals surface area contributed by atoms with Crippen molar-refractivity contribution < 1.29 is 19.1 Å². The maximum absolute atomic E-state index is 13.3. The van der Waals surface area contributed by atoms with Gasteiger partial charge in [-0.15, -0.1) is 0 Å². The lowest BCUT2D eigenvalue weighted by molar-refractivity contribution is -0.150. The standard InChI is InChI=1S/C22H30N4O4/c1-24-19(27)14-17(21(29)30-2)22(24)8-12-25(13-9-22)20(28)16-6-5-11-26(15-16)18-7-3-4-10-23-18/h3-4,7,10,16-17H,5-6,8-9,11-15H2,1-2H3. The van der Waals surface area contributed by atoms with E-state index < -0.39 is 11.5 Å². The molecule has 2 unspecified atom stereocenters. The van der Waals surface area contributed by atoms with Crippen LogP contribution in [0.2, 0.25) is 0 Å². The number of nitrogens with zero attached hydrogens (tertiary/aromatic N) is 4. The van der Waals surface area contributed by atoms with Crippen LogP contribution in [-0.2, 0) is 19.1 Å². The number of carbonyl (C=O) groups is 3. The Morgan fingerprint density at radius 3 is 2.63 bits per heavy atom. The van der Waals surface area contributed by atoms with Gasteiger partial charge in [-0.2, -0.15) is 0 Å². The summed E-state index contributed by atoms with van der Waals surface area (Å²) in [5, 5.41) is 0. The minimum absolute atomic E-state index is 0.0246. The van der Waals surface area contributed by atoms with Crippen molar-refractivity contribution in [3.8, 4) is 0 Å². The van der Waals surface area contributed by atoms with Gasteiger partial charge in [0.25, 0.3) is 0 Å². The molecule has 0 aromatic carbocycles. The van der Waals surface area contributed by atoms with Gasteiger partial charge in [0.2, 0.25) is 11.8 Å². The van der Waals surface area contributed by atoms with Crippen molar-refractivity contribution in [2.75, 3.05) is 45.2 Å². The average molecular weight is 415 g/mol. The van der Waals surface area contributed by atoms with Crippen molar-refractivity contribution in [2.45, 2.75) is 37.6 Å². The smallest absolute Gasteiger partial charge is 0.311 e. The highest BCUT2D eigenvalue weighted by Gasteiger charge is 2.56. The van der Waals surface area contributed by atoms with Crippen molar-refractivity contribution >= 4 is 23.6 Å². The monoisotopic (exact) mass is 414 g/mol. The molecule has 30 heavy (non-hydrogen) atoms. The minimum Gasteiger partial charge on any atom is -0.469 e. The summed E-state index contributed by atoms with van der Waals surface area (Å²) in [5.41, 5.74) is -0.534. The van der Waals surface area contributed by atoms with E-state index in [1.165, 1.54) is 7.11 Å².